The molecule has 0 aromatic rings. The van der Waals surface area contributed by atoms with Crippen molar-refractivity contribution in [2.75, 3.05) is 7.11 Å². The molecule has 0 fully saturated rings. The maximum atomic E-state index is 10.4. The third-order valence-electron chi connectivity index (χ3n) is 1.90. The monoisotopic (exact) mass is 201 g/mol. The summed E-state index contributed by atoms with van der Waals surface area (Å²) in [5.74, 6) is -0.856. The normalized spacial score (nSPS) is 13.1. The molecule has 1 radical (unpaired) electrons. The molecule has 13 heavy (non-hydrogen) atoms. The molecule has 0 aliphatic carbocycles. The number of allylic oxidation sites excluding steroid dienone is 1. The molecular formula is C9H17O3Si. The first-order chi connectivity index (χ1) is 5.89. The van der Waals surface area contributed by atoms with Crippen molar-refractivity contribution in [3.8, 4) is 0 Å². The van der Waals surface area contributed by atoms with Crippen LogP contribution < -0.4 is 0 Å². The van der Waals surface area contributed by atoms with Crippen molar-refractivity contribution < 1.29 is 14.3 Å². The molecule has 0 bridgehead atoms. The molecule has 0 rings (SSSR count). The van der Waals surface area contributed by atoms with Gasteiger partial charge in [-0.25, -0.2) is 4.79 Å². The van der Waals surface area contributed by atoms with Crippen LogP contribution in [0.1, 0.15) is 13.3 Å². The first-order valence-corrected chi connectivity index (χ1v) is 7.17. The van der Waals surface area contributed by atoms with Crippen molar-refractivity contribution in [3.05, 3.63) is 17.7 Å². The molecule has 4 heteroatoms. The van der Waals surface area contributed by atoms with Gasteiger partial charge >= 0.3 is 5.97 Å². The number of carbonyl (C=O) groups is 1. The Morgan fingerprint density at radius 2 is 2.08 bits per heavy atom. The molecule has 0 saturated heterocycles. The third kappa shape index (κ3) is 5.60. The van der Waals surface area contributed by atoms with Crippen LogP contribution in [0.5, 0.6) is 0 Å². The van der Waals surface area contributed by atoms with Gasteiger partial charge in [-0.15, -0.1) is 0 Å². The van der Waals surface area contributed by atoms with Crippen LogP contribution in [0.3, 0.4) is 0 Å². The van der Waals surface area contributed by atoms with E-state index in [9.17, 15) is 4.79 Å². The van der Waals surface area contributed by atoms with Gasteiger partial charge in [0.1, 0.15) is 0 Å². The first kappa shape index (κ1) is 12.4. The van der Waals surface area contributed by atoms with Crippen LogP contribution >= 0.6 is 0 Å². The minimum Gasteiger partial charge on any atom is -0.478 e. The van der Waals surface area contributed by atoms with E-state index in [1.165, 1.54) is 0 Å². The number of aliphatic carboxylic acids is 1. The third-order valence-corrected chi connectivity index (χ3v) is 4.17. The van der Waals surface area contributed by atoms with Gasteiger partial charge in [0.15, 0.2) is 8.32 Å². The second-order valence-corrected chi connectivity index (χ2v) is 7.46. The summed E-state index contributed by atoms with van der Waals surface area (Å²) in [6.45, 7) is 5.73. The van der Waals surface area contributed by atoms with Crippen LogP contribution in [-0.4, -0.2) is 26.5 Å². The SMILES string of the molecule is CO[Si](C)(C)[CH]CC=C(C)C(=O)O. The summed E-state index contributed by atoms with van der Waals surface area (Å²) in [5.41, 5.74) is 0.386. The fraction of sp³-hybridized carbons (Fsp3) is 0.556. The molecular weight excluding hydrogens is 184 g/mol. The maximum Gasteiger partial charge on any atom is 0.330 e. The summed E-state index contributed by atoms with van der Waals surface area (Å²) in [6, 6.07) is 2.07. The molecule has 3 nitrogen and oxygen atoms in total. The maximum absolute atomic E-state index is 10.4. The van der Waals surface area contributed by atoms with Crippen LogP contribution in [-0.2, 0) is 9.22 Å². The zero-order valence-electron chi connectivity index (χ0n) is 8.63. The van der Waals surface area contributed by atoms with Crippen molar-refractivity contribution >= 4 is 14.3 Å². The lowest BCUT2D eigenvalue weighted by atomic mass is 10.2. The Balaban J connectivity index is 3.92. The molecule has 0 saturated carbocycles. The molecule has 0 aliphatic rings. The van der Waals surface area contributed by atoms with Crippen molar-refractivity contribution in [3.63, 3.8) is 0 Å². The summed E-state index contributed by atoms with van der Waals surface area (Å²) >= 11 is 0. The van der Waals surface area contributed by atoms with Gasteiger partial charge in [-0.1, -0.05) is 6.08 Å². The standard InChI is InChI=1S/C9H17O3Si/c1-8(9(10)11)6-5-7-13(3,4)12-2/h6-7H,5H2,1-4H3,(H,10,11). The number of carboxylic acids is 1. The van der Waals surface area contributed by atoms with E-state index in [2.05, 4.69) is 19.1 Å². The van der Waals surface area contributed by atoms with Gasteiger partial charge in [0, 0.05) is 12.7 Å². The Morgan fingerprint density at radius 1 is 1.54 bits per heavy atom. The van der Waals surface area contributed by atoms with E-state index in [4.69, 9.17) is 9.53 Å². The first-order valence-electron chi connectivity index (χ1n) is 4.18. The molecule has 0 aromatic carbocycles. The van der Waals surface area contributed by atoms with Gasteiger partial charge in [0.25, 0.3) is 0 Å². The summed E-state index contributed by atoms with van der Waals surface area (Å²) < 4.78 is 5.29. The fourth-order valence-electron chi connectivity index (χ4n) is 0.690. The van der Waals surface area contributed by atoms with Crippen molar-refractivity contribution in [1.29, 1.82) is 0 Å². The smallest absolute Gasteiger partial charge is 0.330 e. The van der Waals surface area contributed by atoms with E-state index in [0.29, 0.717) is 12.0 Å². The largest absolute Gasteiger partial charge is 0.478 e. The highest BCUT2D eigenvalue weighted by molar-refractivity contribution is 6.74. The van der Waals surface area contributed by atoms with E-state index < -0.39 is 14.3 Å². The van der Waals surface area contributed by atoms with Gasteiger partial charge in [-0.3, -0.25) is 0 Å². The number of rotatable bonds is 5. The van der Waals surface area contributed by atoms with E-state index in [1.807, 2.05) is 0 Å². The highest BCUT2D eigenvalue weighted by Crippen LogP contribution is 2.10. The zero-order chi connectivity index (χ0) is 10.5. The summed E-state index contributed by atoms with van der Waals surface area (Å²) in [6.07, 6.45) is 2.38. The quantitative estimate of drug-likeness (QED) is 0.546. The Labute approximate surface area is 80.5 Å². The molecule has 0 aliphatic heterocycles. The topological polar surface area (TPSA) is 46.5 Å². The molecule has 1 N–H and O–H groups in total. The summed E-state index contributed by atoms with van der Waals surface area (Å²) in [7, 11) is 0.0496. The second kappa shape index (κ2) is 5.19. The average molecular weight is 201 g/mol. The molecule has 0 aromatic heterocycles. The molecule has 0 unspecified atom stereocenters. The van der Waals surface area contributed by atoms with Crippen LogP contribution in [0.25, 0.3) is 0 Å². The molecule has 0 heterocycles. The Hall–Kier alpha value is -0.613. The van der Waals surface area contributed by atoms with E-state index in [-0.39, 0.29) is 0 Å². The van der Waals surface area contributed by atoms with Crippen molar-refractivity contribution in [1.82, 2.24) is 0 Å². The van der Waals surface area contributed by atoms with E-state index in [0.717, 1.165) is 0 Å². The number of carboxylic acid groups (broad SMARTS) is 1. The Morgan fingerprint density at radius 3 is 2.46 bits per heavy atom. The van der Waals surface area contributed by atoms with Crippen LogP contribution in [0.2, 0.25) is 13.1 Å². The minimum atomic E-state index is -1.64. The van der Waals surface area contributed by atoms with Crippen LogP contribution in [0.15, 0.2) is 11.6 Å². The molecule has 0 atom stereocenters. The second-order valence-electron chi connectivity index (χ2n) is 3.44. The van der Waals surface area contributed by atoms with Crippen molar-refractivity contribution in [2.24, 2.45) is 0 Å². The Kier molecular flexibility index (Phi) is 4.94. The van der Waals surface area contributed by atoms with Crippen LogP contribution in [0, 0.1) is 6.04 Å². The van der Waals surface area contributed by atoms with Gasteiger partial charge in [-0.2, -0.15) is 0 Å². The van der Waals surface area contributed by atoms with E-state index in [1.54, 1.807) is 20.1 Å². The van der Waals surface area contributed by atoms with Gasteiger partial charge < -0.3 is 9.53 Å². The zero-order valence-corrected chi connectivity index (χ0v) is 9.63. The highest BCUT2D eigenvalue weighted by atomic mass is 28.4. The predicted molar refractivity (Wildman–Crippen MR) is 54.8 cm³/mol. The van der Waals surface area contributed by atoms with E-state index >= 15 is 0 Å². The lowest BCUT2D eigenvalue weighted by Crippen LogP contribution is -2.29. The van der Waals surface area contributed by atoms with Crippen molar-refractivity contribution in [2.45, 2.75) is 26.4 Å². The lowest BCUT2D eigenvalue weighted by molar-refractivity contribution is -0.132. The molecule has 0 spiro atoms. The van der Waals surface area contributed by atoms with Gasteiger partial charge in [-0.05, 0) is 32.5 Å². The Bertz CT molecular complexity index is 209. The average Bonchev–Trinajstić information content (AvgIpc) is 2.04. The number of hydrogen-bond donors (Lipinski definition) is 1. The lowest BCUT2D eigenvalue weighted by Gasteiger charge is -2.18. The molecule has 0 amide bonds. The predicted octanol–water partition coefficient (Wildman–Crippen LogP) is 2.00. The summed E-state index contributed by atoms with van der Waals surface area (Å²) in [4.78, 5) is 10.4. The highest BCUT2D eigenvalue weighted by Gasteiger charge is 2.19. The van der Waals surface area contributed by atoms with Crippen LogP contribution in [0.4, 0.5) is 0 Å². The molecule has 75 valence electrons. The minimum absolute atomic E-state index is 0.386. The summed E-state index contributed by atoms with van der Waals surface area (Å²) in [5, 5.41) is 8.57. The van der Waals surface area contributed by atoms with Gasteiger partial charge in [0.05, 0.1) is 0 Å². The fourth-order valence-corrected chi connectivity index (χ4v) is 1.54. The van der Waals surface area contributed by atoms with Gasteiger partial charge in [0.2, 0.25) is 0 Å². The number of hydrogen-bond acceptors (Lipinski definition) is 2.